The maximum atomic E-state index is 9.64. The maximum absolute atomic E-state index is 9.64. The molecule has 0 aliphatic rings. The number of aliphatic hydroxyl groups is 2. The van der Waals surface area contributed by atoms with Crippen molar-refractivity contribution in [2.45, 2.75) is 13.5 Å². The highest BCUT2D eigenvalue weighted by Gasteiger charge is 2.12. The number of anilines is 2. The van der Waals surface area contributed by atoms with Crippen LogP contribution in [0.4, 0.5) is 11.4 Å². The molecule has 1 aromatic carbocycles. The molecule has 0 saturated heterocycles. The van der Waals surface area contributed by atoms with Crippen molar-refractivity contribution >= 4 is 11.4 Å². The zero-order valence-electron chi connectivity index (χ0n) is 11.3. The van der Waals surface area contributed by atoms with Gasteiger partial charge in [-0.05, 0) is 23.8 Å². The Balaban J connectivity index is 3.01. The van der Waals surface area contributed by atoms with Crippen molar-refractivity contribution in [1.82, 2.24) is 5.06 Å². The van der Waals surface area contributed by atoms with E-state index in [1.54, 1.807) is 12.1 Å². The Morgan fingerprint density at radius 2 is 1.79 bits per heavy atom. The third-order valence-electron chi connectivity index (χ3n) is 2.90. The molecule has 0 saturated carbocycles. The van der Waals surface area contributed by atoms with Crippen LogP contribution in [0.3, 0.4) is 0 Å². The first kappa shape index (κ1) is 15.7. The SMILES string of the molecule is CCN(O)Cc1cc(N)ccc1N(CCO)CCO. The van der Waals surface area contributed by atoms with Crippen molar-refractivity contribution in [2.75, 3.05) is 43.5 Å². The molecule has 6 nitrogen and oxygen atoms in total. The molecule has 0 atom stereocenters. The number of nitrogens with zero attached hydrogens (tertiary/aromatic N) is 2. The van der Waals surface area contributed by atoms with Gasteiger partial charge < -0.3 is 26.1 Å². The molecule has 1 aromatic rings. The lowest BCUT2D eigenvalue weighted by Gasteiger charge is -2.27. The maximum Gasteiger partial charge on any atom is 0.0606 e. The molecular weight excluding hydrogens is 246 g/mol. The summed E-state index contributed by atoms with van der Waals surface area (Å²) in [6.07, 6.45) is 0. The average Bonchev–Trinajstić information content (AvgIpc) is 2.39. The predicted molar refractivity (Wildman–Crippen MR) is 75.1 cm³/mol. The molecule has 0 unspecified atom stereocenters. The highest BCUT2D eigenvalue weighted by molar-refractivity contribution is 5.59. The zero-order chi connectivity index (χ0) is 14.3. The fourth-order valence-corrected chi connectivity index (χ4v) is 1.94. The van der Waals surface area contributed by atoms with Crippen LogP contribution in [0.15, 0.2) is 18.2 Å². The Kier molecular flexibility index (Phi) is 6.58. The van der Waals surface area contributed by atoms with Gasteiger partial charge in [-0.15, -0.1) is 0 Å². The van der Waals surface area contributed by atoms with Crippen LogP contribution < -0.4 is 10.6 Å². The molecule has 0 aliphatic carbocycles. The number of rotatable bonds is 8. The summed E-state index contributed by atoms with van der Waals surface area (Å²) in [5.74, 6) is 0. The Labute approximate surface area is 113 Å². The van der Waals surface area contributed by atoms with Crippen LogP contribution in [0.25, 0.3) is 0 Å². The van der Waals surface area contributed by atoms with E-state index < -0.39 is 0 Å². The molecule has 0 aliphatic heterocycles. The van der Waals surface area contributed by atoms with Crippen molar-refractivity contribution in [1.29, 1.82) is 0 Å². The van der Waals surface area contributed by atoms with E-state index in [1.165, 1.54) is 5.06 Å². The van der Waals surface area contributed by atoms with Crippen molar-refractivity contribution in [3.8, 4) is 0 Å². The van der Waals surface area contributed by atoms with Crippen LogP contribution in [-0.2, 0) is 6.54 Å². The highest BCUT2D eigenvalue weighted by atomic mass is 16.5. The molecule has 1 rings (SSSR count). The lowest BCUT2D eigenvalue weighted by molar-refractivity contribution is -0.0945. The molecule has 19 heavy (non-hydrogen) atoms. The molecule has 0 radical (unpaired) electrons. The lowest BCUT2D eigenvalue weighted by atomic mass is 10.1. The lowest BCUT2D eigenvalue weighted by Crippen LogP contribution is -2.31. The summed E-state index contributed by atoms with van der Waals surface area (Å²) in [7, 11) is 0. The number of hydroxylamine groups is 2. The second kappa shape index (κ2) is 7.96. The summed E-state index contributed by atoms with van der Waals surface area (Å²) in [4.78, 5) is 1.87. The van der Waals surface area contributed by atoms with E-state index in [9.17, 15) is 5.21 Å². The molecule has 0 aromatic heterocycles. The molecule has 0 fully saturated rings. The van der Waals surface area contributed by atoms with Crippen LogP contribution in [0.5, 0.6) is 0 Å². The second-order valence-corrected chi connectivity index (χ2v) is 4.30. The molecule has 0 heterocycles. The smallest absolute Gasteiger partial charge is 0.0606 e. The van der Waals surface area contributed by atoms with E-state index in [0.29, 0.717) is 31.9 Å². The van der Waals surface area contributed by atoms with Crippen molar-refractivity contribution in [2.24, 2.45) is 0 Å². The molecule has 0 spiro atoms. The Hall–Kier alpha value is -1.34. The van der Waals surface area contributed by atoms with Gasteiger partial charge in [0.05, 0.1) is 19.8 Å². The van der Waals surface area contributed by atoms with Crippen LogP contribution in [0.2, 0.25) is 0 Å². The summed E-state index contributed by atoms with van der Waals surface area (Å²) >= 11 is 0. The van der Waals surface area contributed by atoms with Gasteiger partial charge in [0.25, 0.3) is 0 Å². The van der Waals surface area contributed by atoms with Gasteiger partial charge in [0.1, 0.15) is 0 Å². The van der Waals surface area contributed by atoms with E-state index in [-0.39, 0.29) is 13.2 Å². The molecule has 5 N–H and O–H groups in total. The first-order chi connectivity index (χ1) is 9.12. The van der Waals surface area contributed by atoms with E-state index in [4.69, 9.17) is 15.9 Å². The summed E-state index contributed by atoms with van der Waals surface area (Å²) in [6.45, 7) is 3.56. The second-order valence-electron chi connectivity index (χ2n) is 4.30. The monoisotopic (exact) mass is 269 g/mol. The van der Waals surface area contributed by atoms with Crippen molar-refractivity contribution < 1.29 is 15.4 Å². The van der Waals surface area contributed by atoms with Crippen LogP contribution >= 0.6 is 0 Å². The zero-order valence-corrected chi connectivity index (χ0v) is 11.3. The summed E-state index contributed by atoms with van der Waals surface area (Å²) in [5.41, 5.74) is 8.13. The van der Waals surface area contributed by atoms with Crippen LogP contribution in [0, 0.1) is 0 Å². The van der Waals surface area contributed by atoms with Gasteiger partial charge >= 0.3 is 0 Å². The molecule has 0 bridgehead atoms. The Morgan fingerprint density at radius 1 is 1.16 bits per heavy atom. The minimum absolute atomic E-state index is 0.000430. The molecule has 0 amide bonds. The third-order valence-corrected chi connectivity index (χ3v) is 2.90. The normalized spacial score (nSPS) is 11.0. The fourth-order valence-electron chi connectivity index (χ4n) is 1.94. The summed E-state index contributed by atoms with van der Waals surface area (Å²) in [5, 5.41) is 29.0. The minimum atomic E-state index is 0.000430. The third kappa shape index (κ3) is 4.68. The topological polar surface area (TPSA) is 93.2 Å². The van der Waals surface area contributed by atoms with Crippen molar-refractivity contribution in [3.63, 3.8) is 0 Å². The minimum Gasteiger partial charge on any atom is -0.399 e. The first-order valence-corrected chi connectivity index (χ1v) is 6.41. The van der Waals surface area contributed by atoms with Gasteiger partial charge in [0, 0.05) is 31.0 Å². The number of hydrogen-bond acceptors (Lipinski definition) is 6. The van der Waals surface area contributed by atoms with Gasteiger partial charge in [-0.1, -0.05) is 6.92 Å². The van der Waals surface area contributed by atoms with Gasteiger partial charge in [-0.25, -0.2) is 0 Å². The highest BCUT2D eigenvalue weighted by Crippen LogP contribution is 2.24. The van der Waals surface area contributed by atoms with Gasteiger partial charge in [0.15, 0.2) is 0 Å². The number of hydrogen-bond donors (Lipinski definition) is 4. The van der Waals surface area contributed by atoms with Crippen LogP contribution in [0.1, 0.15) is 12.5 Å². The molecule has 108 valence electrons. The molecule has 6 heteroatoms. The summed E-state index contributed by atoms with van der Waals surface area (Å²) < 4.78 is 0. The first-order valence-electron chi connectivity index (χ1n) is 6.41. The van der Waals surface area contributed by atoms with E-state index in [2.05, 4.69) is 0 Å². The van der Waals surface area contributed by atoms with Crippen molar-refractivity contribution in [3.05, 3.63) is 23.8 Å². The largest absolute Gasteiger partial charge is 0.399 e. The number of nitrogen functional groups attached to an aromatic ring is 1. The number of aliphatic hydroxyl groups excluding tert-OH is 2. The van der Waals surface area contributed by atoms with Gasteiger partial charge in [-0.3, -0.25) is 0 Å². The average molecular weight is 269 g/mol. The predicted octanol–water partition coefficient (Wildman–Crippen LogP) is 0.271. The van der Waals surface area contributed by atoms with Gasteiger partial charge in [-0.2, -0.15) is 5.06 Å². The standard InChI is InChI=1S/C13H23N3O3/c1-2-16(19)10-11-9-12(14)3-4-13(11)15(5-7-17)6-8-18/h3-4,9,17-19H,2,5-8,10,14H2,1H3. The quantitative estimate of drug-likeness (QED) is 0.400. The van der Waals surface area contributed by atoms with Gasteiger partial charge in [0.2, 0.25) is 0 Å². The van der Waals surface area contributed by atoms with E-state index in [1.807, 2.05) is 17.9 Å². The fraction of sp³-hybridized carbons (Fsp3) is 0.538. The van der Waals surface area contributed by atoms with E-state index in [0.717, 1.165) is 11.3 Å². The summed E-state index contributed by atoms with van der Waals surface area (Å²) in [6, 6.07) is 5.42. The Bertz CT molecular complexity index is 381. The number of benzene rings is 1. The van der Waals surface area contributed by atoms with Crippen LogP contribution in [-0.4, -0.2) is 53.3 Å². The Morgan fingerprint density at radius 3 is 2.32 bits per heavy atom. The number of nitrogens with two attached hydrogens (primary N) is 1. The van der Waals surface area contributed by atoms with E-state index >= 15 is 0 Å². The molecular formula is C13H23N3O3.